The summed E-state index contributed by atoms with van der Waals surface area (Å²) in [5.41, 5.74) is 0.704. The average molecular weight is 229 g/mol. The zero-order chi connectivity index (χ0) is 8.97. The summed E-state index contributed by atoms with van der Waals surface area (Å²) in [5.74, 6) is 0. The molecule has 0 spiro atoms. The van der Waals surface area contributed by atoms with Crippen LogP contribution < -0.4 is 0 Å². The zero-order valence-corrected chi connectivity index (χ0v) is 7.56. The highest BCUT2D eigenvalue weighted by molar-refractivity contribution is 9.10. The zero-order valence-electron chi connectivity index (χ0n) is 5.98. The number of rotatable bonds is 2. The van der Waals surface area contributed by atoms with Crippen LogP contribution >= 0.6 is 15.9 Å². The minimum Gasteiger partial charge on any atom is -0.259 e. The summed E-state index contributed by atoms with van der Waals surface area (Å²) in [6.07, 6.45) is 3.81. The Morgan fingerprint density at radius 1 is 1.58 bits per heavy atom. The van der Waals surface area contributed by atoms with E-state index in [9.17, 15) is 10.1 Å². The van der Waals surface area contributed by atoms with Crippen molar-refractivity contribution in [2.24, 2.45) is 0 Å². The largest absolute Gasteiger partial charge is 0.259 e. The summed E-state index contributed by atoms with van der Waals surface area (Å²) in [4.78, 5) is 13.3. The number of hydrogen-bond acceptors (Lipinski definition) is 3. The second kappa shape index (κ2) is 3.96. The minimum absolute atomic E-state index is 0.512. The molecule has 1 rings (SSSR count). The summed E-state index contributed by atoms with van der Waals surface area (Å²) >= 11 is 3.16. The van der Waals surface area contributed by atoms with Crippen molar-refractivity contribution in [3.05, 3.63) is 44.8 Å². The van der Waals surface area contributed by atoms with Crippen molar-refractivity contribution in [1.29, 1.82) is 0 Å². The first-order chi connectivity index (χ1) is 5.68. The number of aromatic nitrogens is 1. The average Bonchev–Trinajstić information content (AvgIpc) is 2.03. The van der Waals surface area contributed by atoms with E-state index in [1.54, 1.807) is 18.3 Å². The summed E-state index contributed by atoms with van der Waals surface area (Å²) < 4.78 is 0.709. The summed E-state index contributed by atoms with van der Waals surface area (Å²) in [7, 11) is 0. The van der Waals surface area contributed by atoms with Gasteiger partial charge in [-0.1, -0.05) is 6.07 Å². The first-order valence-corrected chi connectivity index (χ1v) is 3.91. The second-order valence-electron chi connectivity index (χ2n) is 2.02. The molecule has 5 heteroatoms. The lowest BCUT2D eigenvalue weighted by Gasteiger charge is -1.89. The molecule has 1 heterocycles. The van der Waals surface area contributed by atoms with Gasteiger partial charge in [0.15, 0.2) is 0 Å². The van der Waals surface area contributed by atoms with Gasteiger partial charge in [-0.2, -0.15) is 0 Å². The predicted molar refractivity (Wildman–Crippen MR) is 48.0 cm³/mol. The van der Waals surface area contributed by atoms with Crippen LogP contribution in [0.3, 0.4) is 0 Å². The van der Waals surface area contributed by atoms with Gasteiger partial charge in [0.1, 0.15) is 4.60 Å². The van der Waals surface area contributed by atoms with Crippen LogP contribution in [0, 0.1) is 10.1 Å². The lowest BCUT2D eigenvalue weighted by molar-refractivity contribution is -0.400. The first-order valence-electron chi connectivity index (χ1n) is 3.12. The summed E-state index contributed by atoms with van der Waals surface area (Å²) in [6.45, 7) is 0. The van der Waals surface area contributed by atoms with Gasteiger partial charge in [-0.3, -0.25) is 10.1 Å². The lowest BCUT2D eigenvalue weighted by Crippen LogP contribution is -1.83. The van der Waals surface area contributed by atoms with Gasteiger partial charge in [0.05, 0.1) is 4.92 Å². The maximum absolute atomic E-state index is 9.93. The Bertz CT molecular complexity index is 308. The van der Waals surface area contributed by atoms with Gasteiger partial charge in [0.2, 0.25) is 6.20 Å². The van der Waals surface area contributed by atoms with E-state index in [-0.39, 0.29) is 0 Å². The number of halogens is 1. The lowest BCUT2D eigenvalue weighted by atomic mass is 10.3. The standard InChI is InChI=1S/C7H5BrN2O2/c8-7-2-1-6(5-9-7)3-4-10(11)12/h1-5H. The van der Waals surface area contributed by atoms with Crippen LogP contribution in [0.2, 0.25) is 0 Å². The maximum atomic E-state index is 9.93. The normalized spacial score (nSPS) is 10.4. The summed E-state index contributed by atoms with van der Waals surface area (Å²) in [5, 5.41) is 9.93. The molecule has 0 fully saturated rings. The van der Waals surface area contributed by atoms with Crippen LogP contribution in [0.15, 0.2) is 29.1 Å². The smallest absolute Gasteiger partial charge is 0.235 e. The Kier molecular flexibility index (Phi) is 2.93. The molecule has 0 saturated heterocycles. The first kappa shape index (κ1) is 8.86. The molecular weight excluding hydrogens is 224 g/mol. The molecule has 12 heavy (non-hydrogen) atoms. The van der Waals surface area contributed by atoms with Crippen molar-refractivity contribution in [2.75, 3.05) is 0 Å². The minimum atomic E-state index is -0.512. The number of pyridine rings is 1. The van der Waals surface area contributed by atoms with Crippen LogP contribution in [0.25, 0.3) is 6.08 Å². The number of nitrogens with zero attached hydrogens (tertiary/aromatic N) is 2. The fourth-order valence-electron chi connectivity index (χ4n) is 0.633. The van der Waals surface area contributed by atoms with Crippen LogP contribution in [-0.4, -0.2) is 9.91 Å². The van der Waals surface area contributed by atoms with Crippen LogP contribution in [0.1, 0.15) is 5.56 Å². The molecule has 0 aromatic carbocycles. The monoisotopic (exact) mass is 228 g/mol. The van der Waals surface area contributed by atoms with E-state index in [1.165, 1.54) is 6.08 Å². The Morgan fingerprint density at radius 2 is 2.33 bits per heavy atom. The van der Waals surface area contributed by atoms with Crippen LogP contribution in [-0.2, 0) is 0 Å². The second-order valence-corrected chi connectivity index (χ2v) is 2.83. The Balaban J connectivity index is 2.77. The van der Waals surface area contributed by atoms with E-state index in [0.29, 0.717) is 10.2 Å². The highest BCUT2D eigenvalue weighted by atomic mass is 79.9. The van der Waals surface area contributed by atoms with E-state index in [1.807, 2.05) is 0 Å². The van der Waals surface area contributed by atoms with Gasteiger partial charge < -0.3 is 0 Å². The van der Waals surface area contributed by atoms with Gasteiger partial charge >= 0.3 is 0 Å². The van der Waals surface area contributed by atoms with Gasteiger partial charge in [-0.05, 0) is 27.6 Å². The van der Waals surface area contributed by atoms with E-state index in [2.05, 4.69) is 20.9 Å². The highest BCUT2D eigenvalue weighted by Gasteiger charge is 1.90. The van der Waals surface area contributed by atoms with Gasteiger partial charge in [-0.15, -0.1) is 0 Å². The van der Waals surface area contributed by atoms with Gasteiger partial charge in [0, 0.05) is 12.3 Å². The Morgan fingerprint density at radius 3 is 2.83 bits per heavy atom. The molecule has 0 radical (unpaired) electrons. The van der Waals surface area contributed by atoms with E-state index in [4.69, 9.17) is 0 Å². The quantitative estimate of drug-likeness (QED) is 0.443. The summed E-state index contributed by atoms with van der Waals surface area (Å²) in [6, 6.07) is 3.46. The molecule has 0 bridgehead atoms. The topological polar surface area (TPSA) is 56.0 Å². The third kappa shape index (κ3) is 2.79. The van der Waals surface area contributed by atoms with Crippen molar-refractivity contribution >= 4 is 22.0 Å². The Hall–Kier alpha value is -1.23. The maximum Gasteiger partial charge on any atom is 0.235 e. The van der Waals surface area contributed by atoms with Crippen molar-refractivity contribution in [3.63, 3.8) is 0 Å². The van der Waals surface area contributed by atoms with E-state index >= 15 is 0 Å². The molecule has 0 aliphatic rings. The highest BCUT2D eigenvalue weighted by Crippen LogP contribution is 2.07. The van der Waals surface area contributed by atoms with Crippen molar-refractivity contribution in [3.8, 4) is 0 Å². The molecule has 0 aliphatic carbocycles. The third-order valence-corrected chi connectivity index (χ3v) is 1.61. The molecule has 0 N–H and O–H groups in total. The molecule has 0 amide bonds. The molecule has 0 aliphatic heterocycles. The van der Waals surface area contributed by atoms with Crippen LogP contribution in [0.4, 0.5) is 0 Å². The molecule has 1 aromatic rings. The van der Waals surface area contributed by atoms with Crippen molar-refractivity contribution in [2.45, 2.75) is 0 Å². The number of nitro groups is 1. The Labute approximate surface area is 77.2 Å². The molecule has 1 aromatic heterocycles. The fourth-order valence-corrected chi connectivity index (χ4v) is 0.867. The molecular formula is C7H5BrN2O2. The van der Waals surface area contributed by atoms with Gasteiger partial charge in [0.25, 0.3) is 0 Å². The SMILES string of the molecule is O=[N+]([O-])C=Cc1ccc(Br)nc1. The number of hydrogen-bond donors (Lipinski definition) is 0. The third-order valence-electron chi connectivity index (χ3n) is 1.14. The molecule has 0 unspecified atom stereocenters. The fraction of sp³-hybridized carbons (Fsp3) is 0. The molecule has 0 saturated carbocycles. The van der Waals surface area contributed by atoms with Crippen molar-refractivity contribution in [1.82, 2.24) is 4.98 Å². The van der Waals surface area contributed by atoms with E-state index in [0.717, 1.165) is 6.20 Å². The molecule has 4 nitrogen and oxygen atoms in total. The van der Waals surface area contributed by atoms with E-state index < -0.39 is 4.92 Å². The molecule has 0 atom stereocenters. The predicted octanol–water partition coefficient (Wildman–Crippen LogP) is 2.09. The van der Waals surface area contributed by atoms with Crippen LogP contribution in [0.5, 0.6) is 0 Å². The van der Waals surface area contributed by atoms with Gasteiger partial charge in [-0.25, -0.2) is 4.98 Å². The molecule has 62 valence electrons. The van der Waals surface area contributed by atoms with Crippen molar-refractivity contribution < 1.29 is 4.92 Å².